The van der Waals surface area contributed by atoms with Crippen LogP contribution in [0.25, 0.3) is 0 Å². The van der Waals surface area contributed by atoms with Gasteiger partial charge in [-0.25, -0.2) is 0 Å². The van der Waals surface area contributed by atoms with Crippen LogP contribution in [-0.4, -0.2) is 18.3 Å². The third kappa shape index (κ3) is 2.18. The van der Waals surface area contributed by atoms with Crippen LogP contribution in [0.4, 0.5) is 0 Å². The molecule has 23 heavy (non-hydrogen) atoms. The summed E-state index contributed by atoms with van der Waals surface area (Å²) in [5.41, 5.74) is 1.23. The summed E-state index contributed by atoms with van der Waals surface area (Å²) in [6.07, 6.45) is 0.184. The number of rotatable bonds is 3. The average molecular weight is 309 g/mol. The van der Waals surface area contributed by atoms with Gasteiger partial charge in [0.05, 0.1) is 12.0 Å². The van der Waals surface area contributed by atoms with E-state index in [9.17, 15) is 4.79 Å². The van der Waals surface area contributed by atoms with Crippen LogP contribution < -0.4 is 5.32 Å². The predicted octanol–water partition coefficient (Wildman–Crippen LogP) is 2.79. The Kier molecular flexibility index (Phi) is 3.43. The fraction of sp³-hybridized carbons (Fsp3) is 0.316. The standard InChI is InChI=1S/C19H19NO3/c1-2-15-16-18(22-17(15)21)23-19(20-16,13-9-5-3-6-10-13)14-11-7-4-8-12-14/h3-12,15-16,18,20H,2H2,1H3. The maximum atomic E-state index is 12.0. The van der Waals surface area contributed by atoms with E-state index in [1.165, 1.54) is 0 Å². The van der Waals surface area contributed by atoms with Crippen molar-refractivity contribution in [3.63, 3.8) is 0 Å². The molecule has 0 spiro atoms. The molecule has 2 aromatic carbocycles. The summed E-state index contributed by atoms with van der Waals surface area (Å²) in [6, 6.07) is 19.9. The molecule has 2 heterocycles. The van der Waals surface area contributed by atoms with Crippen molar-refractivity contribution < 1.29 is 14.3 Å². The highest BCUT2D eigenvalue weighted by Gasteiger charge is 2.57. The van der Waals surface area contributed by atoms with Gasteiger partial charge in [-0.3, -0.25) is 10.1 Å². The Labute approximate surface area is 135 Å². The van der Waals surface area contributed by atoms with Crippen LogP contribution in [0.15, 0.2) is 60.7 Å². The molecule has 0 saturated carbocycles. The first-order chi connectivity index (χ1) is 11.2. The largest absolute Gasteiger partial charge is 0.434 e. The van der Waals surface area contributed by atoms with Crippen molar-refractivity contribution in [2.24, 2.45) is 5.92 Å². The van der Waals surface area contributed by atoms with Gasteiger partial charge in [-0.2, -0.15) is 0 Å². The van der Waals surface area contributed by atoms with E-state index in [1.54, 1.807) is 0 Å². The van der Waals surface area contributed by atoms with E-state index >= 15 is 0 Å². The minimum absolute atomic E-state index is 0.132. The number of benzene rings is 2. The lowest BCUT2D eigenvalue weighted by Gasteiger charge is -2.31. The Morgan fingerprint density at radius 1 is 1.00 bits per heavy atom. The Hall–Kier alpha value is -2.17. The quantitative estimate of drug-likeness (QED) is 0.886. The van der Waals surface area contributed by atoms with Gasteiger partial charge in [0.2, 0.25) is 6.29 Å². The third-order valence-electron chi connectivity index (χ3n) is 4.73. The number of hydrogen-bond donors (Lipinski definition) is 1. The van der Waals surface area contributed by atoms with E-state index in [0.717, 1.165) is 17.5 Å². The lowest BCUT2D eigenvalue weighted by atomic mass is 9.92. The normalized spacial score (nSPS) is 28.4. The van der Waals surface area contributed by atoms with Crippen LogP contribution >= 0.6 is 0 Å². The van der Waals surface area contributed by atoms with Gasteiger partial charge in [-0.15, -0.1) is 0 Å². The summed E-state index contributed by atoms with van der Waals surface area (Å²) in [6.45, 7) is 2.00. The summed E-state index contributed by atoms with van der Waals surface area (Å²) < 4.78 is 11.8. The maximum Gasteiger partial charge on any atom is 0.313 e. The van der Waals surface area contributed by atoms with Crippen LogP contribution in [0.3, 0.4) is 0 Å². The molecule has 2 fully saturated rings. The molecule has 0 aromatic heterocycles. The molecule has 0 bridgehead atoms. The highest BCUT2D eigenvalue weighted by atomic mass is 16.7. The zero-order chi connectivity index (χ0) is 15.9. The fourth-order valence-electron chi connectivity index (χ4n) is 3.56. The first-order valence-electron chi connectivity index (χ1n) is 8.01. The molecule has 4 rings (SSSR count). The molecule has 2 saturated heterocycles. The topological polar surface area (TPSA) is 47.6 Å². The lowest BCUT2D eigenvalue weighted by Crippen LogP contribution is -2.45. The number of hydrogen-bond acceptors (Lipinski definition) is 4. The van der Waals surface area contributed by atoms with Gasteiger partial charge < -0.3 is 9.47 Å². The Bertz CT molecular complexity index is 662. The number of carbonyl (C=O) groups is 1. The molecule has 0 aliphatic carbocycles. The van der Waals surface area contributed by atoms with Crippen molar-refractivity contribution in [3.05, 3.63) is 71.8 Å². The van der Waals surface area contributed by atoms with Gasteiger partial charge >= 0.3 is 5.97 Å². The first kappa shape index (κ1) is 14.4. The van der Waals surface area contributed by atoms with Gasteiger partial charge in [0.15, 0.2) is 5.72 Å². The molecule has 4 heteroatoms. The van der Waals surface area contributed by atoms with Gasteiger partial charge in [-0.1, -0.05) is 67.6 Å². The highest BCUT2D eigenvalue weighted by Crippen LogP contribution is 2.43. The molecule has 2 aliphatic heterocycles. The summed E-state index contributed by atoms with van der Waals surface area (Å²) >= 11 is 0. The minimum Gasteiger partial charge on any atom is -0.434 e. The second-order valence-corrected chi connectivity index (χ2v) is 6.02. The lowest BCUT2D eigenvalue weighted by molar-refractivity contribution is -0.174. The van der Waals surface area contributed by atoms with Crippen molar-refractivity contribution >= 4 is 5.97 Å². The van der Waals surface area contributed by atoms with Crippen LogP contribution in [0.2, 0.25) is 0 Å². The summed E-state index contributed by atoms with van der Waals surface area (Å²) in [5, 5.41) is 3.56. The molecular weight excluding hydrogens is 290 g/mol. The van der Waals surface area contributed by atoms with E-state index < -0.39 is 12.0 Å². The molecule has 2 aliphatic rings. The van der Waals surface area contributed by atoms with Gasteiger partial charge in [0.1, 0.15) is 0 Å². The van der Waals surface area contributed by atoms with E-state index in [1.807, 2.05) is 67.6 Å². The first-order valence-corrected chi connectivity index (χ1v) is 8.01. The minimum atomic E-state index is -0.786. The maximum absolute atomic E-state index is 12.0. The van der Waals surface area contributed by atoms with E-state index in [2.05, 4.69) is 5.32 Å². The average Bonchev–Trinajstić information content (AvgIpc) is 3.10. The van der Waals surface area contributed by atoms with Gasteiger partial charge in [0.25, 0.3) is 0 Å². The summed E-state index contributed by atoms with van der Waals surface area (Å²) in [7, 11) is 0. The van der Waals surface area contributed by atoms with Crippen molar-refractivity contribution in [1.29, 1.82) is 0 Å². The van der Waals surface area contributed by atoms with Crippen LogP contribution in [0.1, 0.15) is 24.5 Å². The van der Waals surface area contributed by atoms with E-state index in [0.29, 0.717) is 0 Å². The predicted molar refractivity (Wildman–Crippen MR) is 85.3 cm³/mol. The van der Waals surface area contributed by atoms with Gasteiger partial charge in [-0.05, 0) is 6.42 Å². The monoisotopic (exact) mass is 309 g/mol. The zero-order valence-corrected chi connectivity index (χ0v) is 12.9. The van der Waals surface area contributed by atoms with Gasteiger partial charge in [0, 0.05) is 11.1 Å². The number of ether oxygens (including phenoxy) is 2. The van der Waals surface area contributed by atoms with Crippen molar-refractivity contribution in [1.82, 2.24) is 5.32 Å². The Morgan fingerprint density at radius 2 is 1.57 bits per heavy atom. The summed E-state index contributed by atoms with van der Waals surface area (Å²) in [5.74, 6) is -0.348. The summed E-state index contributed by atoms with van der Waals surface area (Å²) in [4.78, 5) is 12.0. The van der Waals surface area contributed by atoms with Crippen molar-refractivity contribution in [2.45, 2.75) is 31.4 Å². The second kappa shape index (κ2) is 5.48. The Morgan fingerprint density at radius 3 is 2.09 bits per heavy atom. The molecule has 2 aromatic rings. The molecular formula is C19H19NO3. The highest BCUT2D eigenvalue weighted by molar-refractivity contribution is 5.76. The molecule has 4 nitrogen and oxygen atoms in total. The van der Waals surface area contributed by atoms with Crippen molar-refractivity contribution in [3.8, 4) is 0 Å². The second-order valence-electron chi connectivity index (χ2n) is 6.02. The molecule has 1 N–H and O–H groups in total. The van der Waals surface area contributed by atoms with Crippen LogP contribution in [0.5, 0.6) is 0 Å². The SMILES string of the molecule is CCC1C(=O)OC2OC(c3ccccc3)(c3ccccc3)NC21. The zero-order valence-electron chi connectivity index (χ0n) is 12.9. The molecule has 118 valence electrons. The van der Waals surface area contributed by atoms with Crippen LogP contribution in [-0.2, 0) is 20.0 Å². The Balaban J connectivity index is 1.80. The number of fused-ring (bicyclic) bond motifs is 1. The fourth-order valence-corrected chi connectivity index (χ4v) is 3.56. The van der Waals surface area contributed by atoms with Crippen molar-refractivity contribution in [2.75, 3.05) is 0 Å². The number of carbonyl (C=O) groups excluding carboxylic acids is 1. The molecule has 0 amide bonds. The molecule has 0 radical (unpaired) electrons. The van der Waals surface area contributed by atoms with E-state index in [4.69, 9.17) is 9.47 Å². The molecule has 3 unspecified atom stereocenters. The van der Waals surface area contributed by atoms with E-state index in [-0.39, 0.29) is 17.9 Å². The van der Waals surface area contributed by atoms with Crippen LogP contribution in [0, 0.1) is 5.92 Å². The number of nitrogens with one attached hydrogen (secondary N) is 1. The number of esters is 1. The molecule has 3 atom stereocenters. The smallest absolute Gasteiger partial charge is 0.313 e. The third-order valence-corrected chi connectivity index (χ3v) is 4.73.